The van der Waals surface area contributed by atoms with Crippen molar-refractivity contribution in [1.29, 1.82) is 0 Å². The number of methoxy groups -OCH3 is 1. The van der Waals surface area contributed by atoms with Crippen molar-refractivity contribution in [3.05, 3.63) is 94.6 Å². The van der Waals surface area contributed by atoms with Crippen LogP contribution in [0.25, 0.3) is 5.76 Å². The fraction of sp³-hybridized carbons (Fsp3) is 0.333. The number of ketones is 1. The third-order valence-electron chi connectivity index (χ3n) is 6.86. The molecule has 1 N–H and O–H groups in total. The van der Waals surface area contributed by atoms with Crippen molar-refractivity contribution in [3.63, 3.8) is 0 Å². The molecule has 1 fully saturated rings. The van der Waals surface area contributed by atoms with Crippen molar-refractivity contribution >= 4 is 23.1 Å². The van der Waals surface area contributed by atoms with E-state index in [0.717, 1.165) is 11.1 Å². The van der Waals surface area contributed by atoms with Crippen LogP contribution >= 0.6 is 0 Å². The second-order valence-corrected chi connectivity index (χ2v) is 11.4. The van der Waals surface area contributed by atoms with E-state index in [-0.39, 0.29) is 16.7 Å². The number of nitrogens with zero attached hydrogens (tertiary/aromatic N) is 1. The smallest absolute Gasteiger partial charge is 0.300 e. The van der Waals surface area contributed by atoms with Gasteiger partial charge in [0, 0.05) is 5.69 Å². The zero-order chi connectivity index (χ0) is 28.5. The summed E-state index contributed by atoms with van der Waals surface area (Å²) in [5.41, 5.74) is 3.42. The predicted molar refractivity (Wildman–Crippen MR) is 154 cm³/mol. The SMILES string of the molecule is COc1ccc(C(C)(C)C)cc1/C(O)=C1\C(=O)C(=O)N(c2ccc(C)cc2)C1c1ccc(OCC(C)C)cc1. The highest BCUT2D eigenvalue weighted by Crippen LogP contribution is 2.44. The topological polar surface area (TPSA) is 76.1 Å². The van der Waals surface area contributed by atoms with Gasteiger partial charge in [-0.1, -0.05) is 70.5 Å². The van der Waals surface area contributed by atoms with Crippen molar-refractivity contribution in [2.45, 2.75) is 53.0 Å². The van der Waals surface area contributed by atoms with E-state index in [1.165, 1.54) is 12.0 Å². The summed E-state index contributed by atoms with van der Waals surface area (Å²) in [7, 11) is 1.52. The van der Waals surface area contributed by atoms with Crippen molar-refractivity contribution in [2.75, 3.05) is 18.6 Å². The van der Waals surface area contributed by atoms with Crippen LogP contribution in [0.4, 0.5) is 5.69 Å². The number of carbonyl (C=O) groups is 2. The Balaban J connectivity index is 1.92. The van der Waals surface area contributed by atoms with E-state index < -0.39 is 17.7 Å². The number of Topliss-reactive ketones (excluding diaryl/α,β-unsaturated/α-hetero) is 1. The molecule has 6 heteroatoms. The van der Waals surface area contributed by atoms with E-state index in [2.05, 4.69) is 34.6 Å². The highest BCUT2D eigenvalue weighted by Gasteiger charge is 2.47. The lowest BCUT2D eigenvalue weighted by Crippen LogP contribution is -2.29. The number of carbonyl (C=O) groups excluding carboxylic acids is 2. The summed E-state index contributed by atoms with van der Waals surface area (Å²) in [5.74, 6) is -0.233. The Hall–Kier alpha value is -4.06. The van der Waals surface area contributed by atoms with E-state index >= 15 is 0 Å². The van der Waals surface area contributed by atoms with Gasteiger partial charge in [0.2, 0.25) is 0 Å². The van der Waals surface area contributed by atoms with Crippen LogP contribution in [0.5, 0.6) is 11.5 Å². The molecule has 0 saturated carbocycles. The largest absolute Gasteiger partial charge is 0.507 e. The van der Waals surface area contributed by atoms with Crippen LogP contribution in [0.2, 0.25) is 0 Å². The second-order valence-electron chi connectivity index (χ2n) is 11.4. The number of amides is 1. The Labute approximate surface area is 230 Å². The number of anilines is 1. The second kappa shape index (κ2) is 11.0. The van der Waals surface area contributed by atoms with Crippen LogP contribution in [-0.4, -0.2) is 30.5 Å². The molecule has 6 nitrogen and oxygen atoms in total. The molecule has 3 aromatic rings. The first-order valence-electron chi connectivity index (χ1n) is 13.2. The molecule has 1 unspecified atom stereocenters. The van der Waals surface area contributed by atoms with Gasteiger partial charge in [0.05, 0.1) is 30.9 Å². The summed E-state index contributed by atoms with van der Waals surface area (Å²) in [6, 6.07) is 19.4. The number of hydrogen-bond donors (Lipinski definition) is 1. The maximum Gasteiger partial charge on any atom is 0.300 e. The van der Waals surface area contributed by atoms with E-state index in [1.807, 2.05) is 67.6 Å². The minimum atomic E-state index is -0.838. The number of hydrogen-bond acceptors (Lipinski definition) is 5. The Bertz CT molecular complexity index is 1400. The van der Waals surface area contributed by atoms with E-state index in [0.29, 0.717) is 40.8 Å². The quantitative estimate of drug-likeness (QED) is 0.204. The minimum absolute atomic E-state index is 0.0146. The lowest BCUT2D eigenvalue weighted by molar-refractivity contribution is -0.132. The van der Waals surface area contributed by atoms with Gasteiger partial charge in [-0.25, -0.2) is 0 Å². The molecule has 0 radical (unpaired) electrons. The van der Waals surface area contributed by atoms with Gasteiger partial charge < -0.3 is 14.6 Å². The third kappa shape index (κ3) is 5.70. The minimum Gasteiger partial charge on any atom is -0.507 e. The fourth-order valence-corrected chi connectivity index (χ4v) is 4.63. The molecule has 39 heavy (non-hydrogen) atoms. The number of benzene rings is 3. The predicted octanol–water partition coefficient (Wildman–Crippen LogP) is 6.96. The molecule has 1 atom stereocenters. The summed E-state index contributed by atoms with van der Waals surface area (Å²) in [5, 5.41) is 11.7. The molecule has 1 aliphatic heterocycles. The Morgan fingerprint density at radius 2 is 1.62 bits per heavy atom. The third-order valence-corrected chi connectivity index (χ3v) is 6.86. The van der Waals surface area contributed by atoms with Crippen molar-refractivity contribution in [3.8, 4) is 11.5 Å². The average molecular weight is 528 g/mol. The van der Waals surface area contributed by atoms with Gasteiger partial charge >= 0.3 is 0 Å². The maximum absolute atomic E-state index is 13.6. The number of ether oxygens (including phenoxy) is 2. The molecule has 0 aromatic heterocycles. The maximum atomic E-state index is 13.6. The van der Waals surface area contributed by atoms with Crippen LogP contribution in [0.1, 0.15) is 62.9 Å². The Morgan fingerprint density at radius 1 is 0.974 bits per heavy atom. The zero-order valence-corrected chi connectivity index (χ0v) is 23.7. The average Bonchev–Trinajstić information content (AvgIpc) is 3.17. The van der Waals surface area contributed by atoms with E-state index in [9.17, 15) is 14.7 Å². The van der Waals surface area contributed by atoms with Crippen LogP contribution in [0.15, 0.2) is 72.3 Å². The molecule has 1 aliphatic rings. The standard InChI is InChI=1S/C33H37NO5/c1-20(2)19-39-25-15-10-22(11-16-25)29-28(31(36)32(37)34(29)24-13-8-21(3)9-14-24)30(35)26-18-23(33(4,5)6)12-17-27(26)38-7/h8-18,20,29,35H,19H2,1-7H3/b30-28+. The van der Waals surface area contributed by atoms with Crippen molar-refractivity contribution in [1.82, 2.24) is 0 Å². The molecule has 1 heterocycles. The molecule has 3 aromatic carbocycles. The van der Waals surface area contributed by atoms with Gasteiger partial charge in [-0.3, -0.25) is 14.5 Å². The van der Waals surface area contributed by atoms with Gasteiger partial charge in [0.15, 0.2) is 0 Å². The Morgan fingerprint density at radius 3 is 2.18 bits per heavy atom. The highest BCUT2D eigenvalue weighted by molar-refractivity contribution is 6.51. The Kier molecular flexibility index (Phi) is 7.86. The summed E-state index contributed by atoms with van der Waals surface area (Å²) < 4.78 is 11.4. The van der Waals surface area contributed by atoms with Crippen LogP contribution in [0, 0.1) is 12.8 Å². The zero-order valence-electron chi connectivity index (χ0n) is 23.7. The monoisotopic (exact) mass is 527 g/mol. The summed E-state index contributed by atoms with van der Waals surface area (Å²) >= 11 is 0. The summed E-state index contributed by atoms with van der Waals surface area (Å²) in [4.78, 5) is 28.6. The molecule has 0 aliphatic carbocycles. The number of aliphatic hydroxyl groups excluding tert-OH is 1. The van der Waals surface area contributed by atoms with Gasteiger partial charge in [0.25, 0.3) is 11.7 Å². The highest BCUT2D eigenvalue weighted by atomic mass is 16.5. The first-order chi connectivity index (χ1) is 18.4. The van der Waals surface area contributed by atoms with Gasteiger partial charge in [-0.2, -0.15) is 0 Å². The summed E-state index contributed by atoms with van der Waals surface area (Å²) in [6.45, 7) is 12.9. The molecule has 0 spiro atoms. The van der Waals surface area contributed by atoms with E-state index in [4.69, 9.17) is 9.47 Å². The number of rotatable bonds is 7. The fourth-order valence-electron chi connectivity index (χ4n) is 4.63. The van der Waals surface area contributed by atoms with E-state index in [1.54, 1.807) is 6.07 Å². The first kappa shape index (κ1) is 28.0. The van der Waals surface area contributed by atoms with Gasteiger partial charge in [-0.15, -0.1) is 0 Å². The molecule has 1 saturated heterocycles. The lowest BCUT2D eigenvalue weighted by Gasteiger charge is -2.26. The number of aliphatic hydroxyl groups is 1. The van der Waals surface area contributed by atoms with Gasteiger partial charge in [-0.05, 0) is 65.8 Å². The normalized spacial score (nSPS) is 17.1. The molecule has 0 bridgehead atoms. The van der Waals surface area contributed by atoms with Crippen molar-refractivity contribution in [2.24, 2.45) is 5.92 Å². The molecular weight excluding hydrogens is 490 g/mol. The van der Waals surface area contributed by atoms with Crippen LogP contribution < -0.4 is 14.4 Å². The molecule has 1 amide bonds. The molecule has 4 rings (SSSR count). The van der Waals surface area contributed by atoms with Crippen LogP contribution in [-0.2, 0) is 15.0 Å². The lowest BCUT2D eigenvalue weighted by atomic mass is 9.85. The van der Waals surface area contributed by atoms with Gasteiger partial charge in [0.1, 0.15) is 17.3 Å². The van der Waals surface area contributed by atoms with Crippen molar-refractivity contribution < 1.29 is 24.2 Å². The van der Waals surface area contributed by atoms with Crippen LogP contribution in [0.3, 0.4) is 0 Å². The summed E-state index contributed by atoms with van der Waals surface area (Å²) in [6.07, 6.45) is 0. The molecule has 204 valence electrons. The molecular formula is C33H37NO5. The first-order valence-corrected chi connectivity index (χ1v) is 13.2. The number of aryl methyl sites for hydroxylation is 1.